The Morgan fingerprint density at radius 3 is 2.60 bits per heavy atom. The van der Waals surface area contributed by atoms with E-state index in [4.69, 9.17) is 0 Å². The van der Waals surface area contributed by atoms with Crippen molar-refractivity contribution < 1.29 is 4.79 Å². The molecule has 0 bridgehead atoms. The average Bonchev–Trinajstić information content (AvgIpc) is 3.68. The molecule has 0 aromatic carbocycles. The van der Waals surface area contributed by atoms with Crippen molar-refractivity contribution in [3.63, 3.8) is 0 Å². The maximum Gasteiger partial charge on any atom is 0.223 e. The van der Waals surface area contributed by atoms with Gasteiger partial charge < -0.3 is 20.9 Å². The smallest absolute Gasteiger partial charge is 0.223 e. The average molecular weight is 559 g/mol. The van der Waals surface area contributed by atoms with E-state index in [-0.39, 0.29) is 18.2 Å². The van der Waals surface area contributed by atoms with Crippen molar-refractivity contribution in [1.82, 2.24) is 41.7 Å². The third-order valence-corrected chi connectivity index (χ3v) is 11.3. The molecule has 9 heteroatoms. The minimum Gasteiger partial charge on any atom is -0.353 e. The number of carbonyl (C=O) groups excluding carboxylic acids is 1. The van der Waals surface area contributed by atoms with Gasteiger partial charge in [0.1, 0.15) is 6.29 Å². The van der Waals surface area contributed by atoms with E-state index >= 15 is 0 Å². The molecule has 6 rings (SSSR count). The summed E-state index contributed by atoms with van der Waals surface area (Å²) in [5.41, 5.74) is 0. The lowest BCUT2D eigenvalue weighted by molar-refractivity contribution is -0.128. The Morgan fingerprint density at radius 1 is 0.875 bits per heavy atom. The van der Waals surface area contributed by atoms with Gasteiger partial charge in [-0.05, 0) is 128 Å². The highest BCUT2D eigenvalue weighted by Crippen LogP contribution is 2.29. The number of hydrogen-bond donors (Lipinski definition) is 6. The monoisotopic (exact) mass is 558 g/mol. The summed E-state index contributed by atoms with van der Waals surface area (Å²) in [7, 11) is 0. The van der Waals surface area contributed by atoms with Crippen LogP contribution in [0.3, 0.4) is 0 Å². The normalized spacial score (nSPS) is 42.2. The third kappa shape index (κ3) is 7.39. The lowest BCUT2D eigenvalue weighted by Gasteiger charge is -2.43. The van der Waals surface area contributed by atoms with Crippen LogP contribution < -0.4 is 31.9 Å². The number of carbonyl (C=O) groups is 1. The SMILES string of the molecule is CC1CCC(NC(=O)C2CCNC(N3CCCC3CN3CCCC3)C2)CC1NC1NCCC(C2CCCNC2)N1. The van der Waals surface area contributed by atoms with Crippen LogP contribution in [0.5, 0.6) is 0 Å². The van der Waals surface area contributed by atoms with E-state index < -0.39 is 0 Å². The molecule has 5 heterocycles. The van der Waals surface area contributed by atoms with Gasteiger partial charge in [0.15, 0.2) is 0 Å². The molecule has 0 radical (unpaired) electrons. The van der Waals surface area contributed by atoms with E-state index in [1.807, 2.05) is 0 Å². The minimum absolute atomic E-state index is 0.136. The van der Waals surface area contributed by atoms with E-state index in [9.17, 15) is 4.79 Å². The molecule has 1 amide bonds. The Morgan fingerprint density at radius 2 is 1.75 bits per heavy atom. The molecule has 0 aromatic rings. The molecule has 0 spiro atoms. The maximum atomic E-state index is 13.6. The first kappa shape index (κ1) is 29.3. The van der Waals surface area contributed by atoms with Crippen LogP contribution in [0.4, 0.5) is 0 Å². The first-order valence-electron chi connectivity index (χ1n) is 17.1. The summed E-state index contributed by atoms with van der Waals surface area (Å²) in [5, 5.41) is 22.4. The van der Waals surface area contributed by atoms with Crippen LogP contribution in [-0.2, 0) is 4.79 Å². The number of rotatable bonds is 8. The molecule has 5 saturated heterocycles. The van der Waals surface area contributed by atoms with Crippen LogP contribution in [0.25, 0.3) is 0 Å². The van der Waals surface area contributed by atoms with Crippen molar-refractivity contribution in [3.8, 4) is 0 Å². The van der Waals surface area contributed by atoms with E-state index in [1.165, 1.54) is 84.1 Å². The zero-order valence-corrected chi connectivity index (χ0v) is 25.1. The van der Waals surface area contributed by atoms with Crippen LogP contribution in [0.2, 0.25) is 0 Å². The van der Waals surface area contributed by atoms with Gasteiger partial charge in [0, 0.05) is 43.2 Å². The molecule has 40 heavy (non-hydrogen) atoms. The number of hydrogen-bond acceptors (Lipinski definition) is 8. The molecule has 228 valence electrons. The van der Waals surface area contributed by atoms with Crippen molar-refractivity contribution in [2.45, 2.75) is 121 Å². The highest BCUT2D eigenvalue weighted by Gasteiger charge is 2.38. The highest BCUT2D eigenvalue weighted by molar-refractivity contribution is 5.79. The highest BCUT2D eigenvalue weighted by atomic mass is 16.2. The van der Waals surface area contributed by atoms with Crippen LogP contribution >= 0.6 is 0 Å². The first-order chi connectivity index (χ1) is 19.6. The van der Waals surface area contributed by atoms with Crippen molar-refractivity contribution >= 4 is 5.91 Å². The molecule has 6 aliphatic rings. The second-order valence-electron chi connectivity index (χ2n) is 14.1. The number of likely N-dealkylation sites (tertiary alicyclic amines) is 2. The lowest BCUT2D eigenvalue weighted by Crippen LogP contribution is -2.66. The van der Waals surface area contributed by atoms with Gasteiger partial charge in [-0.25, -0.2) is 0 Å². The summed E-state index contributed by atoms with van der Waals surface area (Å²) in [5.74, 6) is 1.80. The van der Waals surface area contributed by atoms with Gasteiger partial charge in [0.2, 0.25) is 5.91 Å². The predicted molar refractivity (Wildman–Crippen MR) is 161 cm³/mol. The van der Waals surface area contributed by atoms with Gasteiger partial charge in [-0.15, -0.1) is 0 Å². The minimum atomic E-state index is 0.136. The first-order valence-corrected chi connectivity index (χ1v) is 17.1. The van der Waals surface area contributed by atoms with Crippen molar-refractivity contribution in [3.05, 3.63) is 0 Å². The number of piperidine rings is 2. The second kappa shape index (κ2) is 14.1. The Hall–Kier alpha value is -0.810. The fourth-order valence-corrected chi connectivity index (χ4v) is 8.77. The largest absolute Gasteiger partial charge is 0.353 e. The van der Waals surface area contributed by atoms with Crippen LogP contribution in [0.15, 0.2) is 0 Å². The van der Waals surface area contributed by atoms with Gasteiger partial charge in [-0.3, -0.25) is 25.6 Å². The van der Waals surface area contributed by atoms with Crippen molar-refractivity contribution in [1.29, 1.82) is 0 Å². The summed E-state index contributed by atoms with van der Waals surface area (Å²) < 4.78 is 0. The molecule has 5 aliphatic heterocycles. The summed E-state index contributed by atoms with van der Waals surface area (Å²) in [6.07, 6.45) is 14.9. The Labute approximate surface area is 243 Å². The molecule has 9 atom stereocenters. The Bertz CT molecular complexity index is 802. The maximum absolute atomic E-state index is 13.6. The van der Waals surface area contributed by atoms with Gasteiger partial charge in [-0.1, -0.05) is 6.92 Å². The summed E-state index contributed by atoms with van der Waals surface area (Å²) in [6.45, 7) is 11.7. The fourth-order valence-electron chi connectivity index (χ4n) is 8.77. The van der Waals surface area contributed by atoms with E-state index in [0.717, 1.165) is 51.2 Å². The third-order valence-electron chi connectivity index (χ3n) is 11.3. The Balaban J connectivity index is 0.976. The number of amides is 1. The summed E-state index contributed by atoms with van der Waals surface area (Å²) >= 11 is 0. The van der Waals surface area contributed by atoms with Gasteiger partial charge >= 0.3 is 0 Å². The lowest BCUT2D eigenvalue weighted by atomic mass is 9.82. The second-order valence-corrected chi connectivity index (χ2v) is 14.1. The molecule has 0 aromatic heterocycles. The van der Waals surface area contributed by atoms with Gasteiger partial charge in [0.05, 0.1) is 6.17 Å². The van der Waals surface area contributed by atoms with E-state index in [2.05, 4.69) is 48.6 Å². The topological polar surface area (TPSA) is 95.7 Å². The van der Waals surface area contributed by atoms with Crippen LogP contribution in [-0.4, -0.2) is 105 Å². The van der Waals surface area contributed by atoms with Crippen LogP contribution in [0, 0.1) is 17.8 Å². The molecular weight excluding hydrogens is 500 g/mol. The van der Waals surface area contributed by atoms with Crippen molar-refractivity contribution in [2.75, 3.05) is 52.4 Å². The summed E-state index contributed by atoms with van der Waals surface area (Å²) in [4.78, 5) is 18.9. The summed E-state index contributed by atoms with van der Waals surface area (Å²) in [6, 6.07) is 1.94. The molecule has 1 aliphatic carbocycles. The molecule has 9 nitrogen and oxygen atoms in total. The number of nitrogens with zero attached hydrogens (tertiary/aromatic N) is 2. The quantitative estimate of drug-likeness (QED) is 0.266. The Kier molecular flexibility index (Phi) is 10.3. The molecule has 6 fully saturated rings. The predicted octanol–water partition coefficient (Wildman–Crippen LogP) is 1.37. The van der Waals surface area contributed by atoms with Crippen molar-refractivity contribution in [2.24, 2.45) is 17.8 Å². The molecular formula is C31H58N8O. The zero-order valence-electron chi connectivity index (χ0n) is 25.1. The van der Waals surface area contributed by atoms with Crippen LogP contribution in [0.1, 0.15) is 84.0 Å². The van der Waals surface area contributed by atoms with E-state index in [1.54, 1.807) is 0 Å². The molecule has 6 N–H and O–H groups in total. The number of nitrogens with one attached hydrogen (secondary N) is 6. The fraction of sp³-hybridized carbons (Fsp3) is 0.968. The molecule has 1 saturated carbocycles. The standard InChI is InChI=1S/C31H58N8O/c1-22-8-9-25(19-28(22)37-31-34-14-11-27(36-31)24-6-4-12-32-20-24)35-30(40)23-10-13-33-29(18-23)39-17-5-7-26(39)21-38-15-2-3-16-38/h22-29,31-34,36-37H,2-21H2,1H3,(H,35,40). The molecule has 9 unspecified atom stereocenters. The van der Waals surface area contributed by atoms with Gasteiger partial charge in [-0.2, -0.15) is 0 Å². The zero-order chi connectivity index (χ0) is 27.3. The van der Waals surface area contributed by atoms with Gasteiger partial charge in [0.25, 0.3) is 0 Å². The van der Waals surface area contributed by atoms with E-state index in [0.29, 0.717) is 36.1 Å².